The highest BCUT2D eigenvalue weighted by Gasteiger charge is 2.15. The Morgan fingerprint density at radius 1 is 1.56 bits per heavy atom. The van der Waals surface area contributed by atoms with Crippen molar-refractivity contribution in [2.45, 2.75) is 13.5 Å². The molecule has 0 amide bonds. The first kappa shape index (κ1) is 14.9. The van der Waals surface area contributed by atoms with Gasteiger partial charge in [0.15, 0.2) is 0 Å². The van der Waals surface area contributed by atoms with Gasteiger partial charge >= 0.3 is 5.97 Å². The van der Waals surface area contributed by atoms with Crippen molar-refractivity contribution in [1.82, 2.24) is 4.31 Å². The van der Waals surface area contributed by atoms with Gasteiger partial charge in [0.25, 0.3) is 0 Å². The number of carboxylic acids is 1. The first-order chi connectivity index (χ1) is 8.35. The molecule has 1 heterocycles. The maximum Gasteiger partial charge on any atom is 0.328 e. The van der Waals surface area contributed by atoms with E-state index in [9.17, 15) is 13.2 Å². The van der Waals surface area contributed by atoms with Gasteiger partial charge in [0.2, 0.25) is 10.0 Å². The molecule has 0 fully saturated rings. The molecule has 0 aliphatic rings. The smallest absolute Gasteiger partial charge is 0.328 e. The molecule has 1 aromatic heterocycles. The van der Waals surface area contributed by atoms with E-state index in [0.29, 0.717) is 6.54 Å². The van der Waals surface area contributed by atoms with E-state index in [2.05, 4.69) is 0 Å². The summed E-state index contributed by atoms with van der Waals surface area (Å²) < 4.78 is 24.4. The molecule has 0 aliphatic heterocycles. The highest BCUT2D eigenvalue weighted by molar-refractivity contribution is 7.89. The number of nitrogens with zero attached hydrogens (tertiary/aromatic N) is 1. The van der Waals surface area contributed by atoms with E-state index in [4.69, 9.17) is 5.11 Å². The van der Waals surface area contributed by atoms with E-state index in [-0.39, 0.29) is 5.75 Å². The van der Waals surface area contributed by atoms with Crippen LogP contribution in [0.1, 0.15) is 17.4 Å². The minimum Gasteiger partial charge on any atom is -0.478 e. The van der Waals surface area contributed by atoms with Crippen molar-refractivity contribution < 1.29 is 18.3 Å². The van der Waals surface area contributed by atoms with Gasteiger partial charge < -0.3 is 5.11 Å². The maximum atomic E-state index is 11.6. The molecule has 1 rings (SSSR count). The van der Waals surface area contributed by atoms with Gasteiger partial charge in [-0.05, 0) is 30.0 Å². The molecule has 0 bridgehead atoms. The third kappa shape index (κ3) is 4.25. The Balaban J connectivity index is 2.73. The zero-order chi connectivity index (χ0) is 13.8. The Labute approximate surface area is 110 Å². The second-order valence-electron chi connectivity index (χ2n) is 3.69. The average Bonchev–Trinajstić information content (AvgIpc) is 2.74. The van der Waals surface area contributed by atoms with Gasteiger partial charge in [-0.2, -0.15) is 0 Å². The lowest BCUT2D eigenvalue weighted by Gasteiger charge is -2.14. The van der Waals surface area contributed by atoms with Crippen LogP contribution in [-0.2, 0) is 21.4 Å². The molecular formula is C11H15NO4S2. The lowest BCUT2D eigenvalue weighted by atomic mass is 10.3. The summed E-state index contributed by atoms with van der Waals surface area (Å²) in [6, 6.07) is 1.78. The van der Waals surface area contributed by atoms with Gasteiger partial charge in [0.1, 0.15) is 0 Å². The van der Waals surface area contributed by atoms with E-state index in [1.54, 1.807) is 13.0 Å². The number of thiophene rings is 1. The summed E-state index contributed by atoms with van der Waals surface area (Å²) in [6.07, 6.45) is 2.55. The fourth-order valence-electron chi connectivity index (χ4n) is 1.29. The van der Waals surface area contributed by atoms with Gasteiger partial charge in [-0.15, -0.1) is 11.3 Å². The molecule has 0 saturated carbocycles. The molecule has 1 aromatic rings. The van der Waals surface area contributed by atoms with Crippen molar-refractivity contribution in [1.29, 1.82) is 0 Å². The van der Waals surface area contributed by atoms with Gasteiger partial charge in [-0.3, -0.25) is 0 Å². The number of sulfonamides is 1. The Hall–Kier alpha value is -1.18. The van der Waals surface area contributed by atoms with Crippen LogP contribution in [-0.4, -0.2) is 36.6 Å². The molecule has 100 valence electrons. The predicted molar refractivity (Wildman–Crippen MR) is 71.9 cm³/mol. The van der Waals surface area contributed by atoms with Crippen LogP contribution in [0.4, 0.5) is 0 Å². The summed E-state index contributed by atoms with van der Waals surface area (Å²) in [4.78, 5) is 11.1. The normalized spacial score (nSPS) is 12.4. The first-order valence-corrected chi connectivity index (χ1v) is 7.76. The molecule has 7 heteroatoms. The minimum absolute atomic E-state index is 0.0689. The standard InChI is InChI=1S/C11H15NO4S2/c1-3-18(15,16)12(2)7-9-6-10(17-8-9)4-5-11(13)14/h4-6,8H,3,7H2,1-2H3,(H,13,14)/b5-4+. The van der Waals surface area contributed by atoms with Gasteiger partial charge in [0.05, 0.1) is 5.75 Å². The summed E-state index contributed by atoms with van der Waals surface area (Å²) in [7, 11) is -1.66. The molecule has 0 aromatic carbocycles. The van der Waals surface area contributed by atoms with Crippen LogP contribution in [0.15, 0.2) is 17.5 Å². The molecule has 0 atom stereocenters. The van der Waals surface area contributed by atoms with E-state index in [0.717, 1.165) is 16.5 Å². The van der Waals surface area contributed by atoms with Crippen LogP contribution >= 0.6 is 11.3 Å². The van der Waals surface area contributed by atoms with E-state index in [1.807, 2.05) is 5.38 Å². The molecule has 0 unspecified atom stereocenters. The van der Waals surface area contributed by atoms with Crippen LogP contribution in [0.25, 0.3) is 6.08 Å². The Morgan fingerprint density at radius 2 is 2.22 bits per heavy atom. The number of hydrogen-bond donors (Lipinski definition) is 1. The summed E-state index contributed by atoms with van der Waals surface area (Å²) >= 11 is 1.38. The number of carboxylic acid groups (broad SMARTS) is 1. The summed E-state index contributed by atoms with van der Waals surface area (Å²) in [5.41, 5.74) is 0.851. The lowest BCUT2D eigenvalue weighted by Crippen LogP contribution is -2.27. The minimum atomic E-state index is -3.19. The highest BCUT2D eigenvalue weighted by Crippen LogP contribution is 2.18. The molecular weight excluding hydrogens is 274 g/mol. The SMILES string of the molecule is CCS(=O)(=O)N(C)Cc1csc(/C=C/C(=O)O)c1. The van der Waals surface area contributed by atoms with Crippen molar-refractivity contribution in [2.24, 2.45) is 0 Å². The molecule has 0 spiro atoms. The number of hydrogen-bond acceptors (Lipinski definition) is 4. The fourth-order valence-corrected chi connectivity index (χ4v) is 2.88. The Bertz CT molecular complexity index is 545. The van der Waals surface area contributed by atoms with Crippen molar-refractivity contribution in [3.05, 3.63) is 28.0 Å². The van der Waals surface area contributed by atoms with Crippen LogP contribution < -0.4 is 0 Å². The number of aliphatic carboxylic acids is 1. The van der Waals surface area contributed by atoms with E-state index in [1.165, 1.54) is 28.8 Å². The van der Waals surface area contributed by atoms with Crippen molar-refractivity contribution >= 4 is 33.4 Å². The number of carbonyl (C=O) groups is 1. The highest BCUT2D eigenvalue weighted by atomic mass is 32.2. The monoisotopic (exact) mass is 289 g/mol. The molecule has 18 heavy (non-hydrogen) atoms. The first-order valence-electron chi connectivity index (χ1n) is 5.27. The topological polar surface area (TPSA) is 74.7 Å². The quantitative estimate of drug-likeness (QED) is 0.808. The van der Waals surface area contributed by atoms with Crippen molar-refractivity contribution in [3.63, 3.8) is 0 Å². The van der Waals surface area contributed by atoms with Crippen LogP contribution in [0.5, 0.6) is 0 Å². The van der Waals surface area contributed by atoms with Gasteiger partial charge in [-0.1, -0.05) is 0 Å². The van der Waals surface area contributed by atoms with E-state index < -0.39 is 16.0 Å². The second-order valence-corrected chi connectivity index (χ2v) is 6.99. The van der Waals surface area contributed by atoms with Crippen LogP contribution in [0, 0.1) is 0 Å². The molecule has 0 aliphatic carbocycles. The zero-order valence-electron chi connectivity index (χ0n) is 10.2. The Kier molecular flexibility index (Phi) is 5.06. The lowest BCUT2D eigenvalue weighted by molar-refractivity contribution is -0.131. The molecule has 5 nitrogen and oxygen atoms in total. The van der Waals surface area contributed by atoms with Gasteiger partial charge in [0, 0.05) is 24.5 Å². The largest absolute Gasteiger partial charge is 0.478 e. The molecule has 0 saturated heterocycles. The zero-order valence-corrected chi connectivity index (χ0v) is 11.8. The molecule has 0 radical (unpaired) electrons. The Morgan fingerprint density at radius 3 is 2.78 bits per heavy atom. The average molecular weight is 289 g/mol. The summed E-state index contributed by atoms with van der Waals surface area (Å²) in [6.45, 7) is 1.90. The third-order valence-electron chi connectivity index (χ3n) is 2.31. The second kappa shape index (κ2) is 6.12. The maximum absolute atomic E-state index is 11.6. The van der Waals surface area contributed by atoms with E-state index >= 15 is 0 Å². The van der Waals surface area contributed by atoms with Crippen molar-refractivity contribution in [3.8, 4) is 0 Å². The fraction of sp³-hybridized carbons (Fsp3) is 0.364. The van der Waals surface area contributed by atoms with Crippen molar-refractivity contribution in [2.75, 3.05) is 12.8 Å². The third-order valence-corrected chi connectivity index (χ3v) is 5.06. The summed E-state index contributed by atoms with van der Waals surface area (Å²) in [5.74, 6) is -0.935. The van der Waals surface area contributed by atoms with Crippen LogP contribution in [0.2, 0.25) is 0 Å². The molecule has 1 N–H and O–H groups in total. The predicted octanol–water partition coefficient (Wildman–Crippen LogP) is 1.63. The number of rotatable bonds is 6. The van der Waals surface area contributed by atoms with Gasteiger partial charge in [-0.25, -0.2) is 17.5 Å². The summed E-state index contributed by atoms with van der Waals surface area (Å²) in [5, 5.41) is 10.3. The van der Waals surface area contributed by atoms with Crippen LogP contribution in [0.3, 0.4) is 0 Å².